The van der Waals surface area contributed by atoms with Crippen LogP contribution in [0.5, 0.6) is 0 Å². The highest BCUT2D eigenvalue weighted by molar-refractivity contribution is 9.10. The Morgan fingerprint density at radius 1 is 1.17 bits per heavy atom. The van der Waals surface area contributed by atoms with Gasteiger partial charge in [-0.25, -0.2) is 4.39 Å². The van der Waals surface area contributed by atoms with Crippen LogP contribution in [0.2, 0.25) is 0 Å². The number of benzene rings is 2. The fourth-order valence-corrected chi connectivity index (χ4v) is 2.12. The molecule has 0 aliphatic carbocycles. The first kappa shape index (κ1) is 13.1. The molecule has 2 aromatic rings. The second kappa shape index (κ2) is 5.98. The zero-order valence-corrected chi connectivity index (χ0v) is 11.2. The van der Waals surface area contributed by atoms with Crippen LogP contribution in [0, 0.1) is 5.82 Å². The smallest absolute Gasteiger partial charge is 0.124 e. The Morgan fingerprint density at radius 2 is 1.89 bits per heavy atom. The maximum absolute atomic E-state index is 12.9. The minimum Gasteiger partial charge on any atom is -0.387 e. The van der Waals surface area contributed by atoms with Gasteiger partial charge in [0.25, 0.3) is 0 Å². The fraction of sp³-hybridized carbons (Fsp3) is 0.143. The lowest BCUT2D eigenvalue weighted by atomic mass is 10.1. The molecule has 94 valence electrons. The molecule has 0 aliphatic heterocycles. The highest BCUT2D eigenvalue weighted by Crippen LogP contribution is 2.24. The molecule has 0 spiro atoms. The Hall–Kier alpha value is -1.39. The maximum atomic E-state index is 12.9. The quantitative estimate of drug-likeness (QED) is 0.902. The van der Waals surface area contributed by atoms with Gasteiger partial charge in [-0.15, -0.1) is 0 Å². The largest absolute Gasteiger partial charge is 0.387 e. The molecular weight excluding hydrogens is 297 g/mol. The number of rotatable bonds is 4. The second-order valence-corrected chi connectivity index (χ2v) is 4.79. The predicted octanol–water partition coefficient (Wildman–Crippen LogP) is 3.73. The summed E-state index contributed by atoms with van der Waals surface area (Å²) in [7, 11) is 0. The number of anilines is 1. The van der Waals surface area contributed by atoms with Crippen LogP contribution in [-0.2, 0) is 0 Å². The molecule has 0 heterocycles. The molecule has 2 rings (SSSR count). The summed E-state index contributed by atoms with van der Waals surface area (Å²) in [4.78, 5) is 0. The van der Waals surface area contributed by atoms with E-state index in [4.69, 9.17) is 0 Å². The first-order valence-corrected chi connectivity index (χ1v) is 6.38. The Kier molecular flexibility index (Phi) is 4.33. The van der Waals surface area contributed by atoms with Crippen LogP contribution in [0.25, 0.3) is 0 Å². The predicted molar refractivity (Wildman–Crippen MR) is 74.0 cm³/mol. The van der Waals surface area contributed by atoms with Crippen molar-refractivity contribution in [3.8, 4) is 0 Å². The van der Waals surface area contributed by atoms with Crippen molar-refractivity contribution < 1.29 is 9.50 Å². The van der Waals surface area contributed by atoms with Gasteiger partial charge in [0.05, 0.1) is 6.10 Å². The average Bonchev–Trinajstić information content (AvgIpc) is 2.38. The molecule has 0 aromatic heterocycles. The lowest BCUT2D eigenvalue weighted by Crippen LogP contribution is -2.12. The number of hydrogen-bond donors (Lipinski definition) is 2. The van der Waals surface area contributed by atoms with E-state index in [9.17, 15) is 9.50 Å². The molecule has 0 fully saturated rings. The number of aliphatic hydroxyl groups excluding tert-OH is 1. The van der Waals surface area contributed by atoms with Crippen molar-refractivity contribution >= 4 is 21.6 Å². The van der Waals surface area contributed by atoms with E-state index in [0.717, 1.165) is 11.3 Å². The third-order valence-corrected chi connectivity index (χ3v) is 3.26. The van der Waals surface area contributed by atoms with E-state index in [1.165, 1.54) is 12.1 Å². The number of aliphatic hydroxyl groups is 1. The number of nitrogens with one attached hydrogen (secondary N) is 1. The summed E-state index contributed by atoms with van der Waals surface area (Å²) >= 11 is 3.27. The van der Waals surface area contributed by atoms with Gasteiger partial charge in [-0.1, -0.05) is 30.3 Å². The lowest BCUT2D eigenvalue weighted by Gasteiger charge is -2.14. The highest BCUT2D eigenvalue weighted by atomic mass is 79.9. The summed E-state index contributed by atoms with van der Waals surface area (Å²) in [5, 5.41) is 13.1. The van der Waals surface area contributed by atoms with Gasteiger partial charge < -0.3 is 10.4 Å². The van der Waals surface area contributed by atoms with Gasteiger partial charge in [0, 0.05) is 16.7 Å². The zero-order chi connectivity index (χ0) is 13.0. The summed E-state index contributed by atoms with van der Waals surface area (Å²) in [5.41, 5.74) is 1.61. The average molecular weight is 310 g/mol. The van der Waals surface area contributed by atoms with Crippen LogP contribution >= 0.6 is 15.9 Å². The molecule has 0 bridgehead atoms. The van der Waals surface area contributed by atoms with Crippen LogP contribution in [-0.4, -0.2) is 11.7 Å². The van der Waals surface area contributed by atoms with Crippen molar-refractivity contribution in [2.24, 2.45) is 0 Å². The van der Waals surface area contributed by atoms with Crippen LogP contribution in [0.15, 0.2) is 53.0 Å². The van der Waals surface area contributed by atoms with E-state index in [-0.39, 0.29) is 5.82 Å². The molecule has 2 N–H and O–H groups in total. The normalized spacial score (nSPS) is 12.2. The van der Waals surface area contributed by atoms with E-state index in [1.807, 2.05) is 30.3 Å². The Morgan fingerprint density at radius 3 is 2.56 bits per heavy atom. The molecule has 4 heteroatoms. The molecule has 0 aliphatic rings. The molecule has 0 radical (unpaired) electrons. The molecule has 0 saturated carbocycles. The lowest BCUT2D eigenvalue weighted by molar-refractivity contribution is 0.191. The summed E-state index contributed by atoms with van der Waals surface area (Å²) in [6, 6.07) is 13.8. The zero-order valence-electron chi connectivity index (χ0n) is 9.61. The maximum Gasteiger partial charge on any atom is 0.124 e. The summed E-state index contributed by atoms with van der Waals surface area (Å²) < 4.78 is 13.5. The van der Waals surface area contributed by atoms with Gasteiger partial charge in [-0.3, -0.25) is 0 Å². The van der Waals surface area contributed by atoms with E-state index in [2.05, 4.69) is 21.2 Å². The minimum absolute atomic E-state index is 0.295. The fourth-order valence-electron chi connectivity index (χ4n) is 1.63. The van der Waals surface area contributed by atoms with Crippen LogP contribution in [0.3, 0.4) is 0 Å². The van der Waals surface area contributed by atoms with Crippen molar-refractivity contribution in [1.82, 2.24) is 0 Å². The van der Waals surface area contributed by atoms with Crippen molar-refractivity contribution in [2.75, 3.05) is 11.9 Å². The molecule has 1 atom stereocenters. The third-order valence-electron chi connectivity index (χ3n) is 2.60. The Balaban J connectivity index is 1.99. The van der Waals surface area contributed by atoms with E-state index < -0.39 is 6.10 Å². The SMILES string of the molecule is OC(CNc1ccc(F)cc1Br)c1ccccc1. The topological polar surface area (TPSA) is 32.3 Å². The van der Waals surface area contributed by atoms with Crippen molar-refractivity contribution in [3.63, 3.8) is 0 Å². The summed E-state index contributed by atoms with van der Waals surface area (Å²) in [6.45, 7) is 0.369. The third kappa shape index (κ3) is 3.31. The van der Waals surface area contributed by atoms with Crippen LogP contribution < -0.4 is 5.32 Å². The first-order chi connectivity index (χ1) is 8.66. The molecule has 1 unspecified atom stereocenters. The monoisotopic (exact) mass is 309 g/mol. The first-order valence-electron chi connectivity index (χ1n) is 5.59. The van der Waals surface area contributed by atoms with Gasteiger partial charge in [0.15, 0.2) is 0 Å². The van der Waals surface area contributed by atoms with Gasteiger partial charge >= 0.3 is 0 Å². The van der Waals surface area contributed by atoms with E-state index in [0.29, 0.717) is 11.0 Å². The Bertz CT molecular complexity index is 518. The van der Waals surface area contributed by atoms with Gasteiger partial charge in [-0.2, -0.15) is 0 Å². The van der Waals surface area contributed by atoms with Crippen LogP contribution in [0.4, 0.5) is 10.1 Å². The molecule has 2 nitrogen and oxygen atoms in total. The van der Waals surface area contributed by atoms with Crippen LogP contribution in [0.1, 0.15) is 11.7 Å². The second-order valence-electron chi connectivity index (χ2n) is 3.93. The van der Waals surface area contributed by atoms with Gasteiger partial charge in [0.2, 0.25) is 0 Å². The number of halogens is 2. The highest BCUT2D eigenvalue weighted by Gasteiger charge is 2.07. The van der Waals surface area contributed by atoms with Crippen molar-refractivity contribution in [2.45, 2.75) is 6.10 Å². The minimum atomic E-state index is -0.594. The van der Waals surface area contributed by atoms with Crippen molar-refractivity contribution in [3.05, 3.63) is 64.4 Å². The number of hydrogen-bond acceptors (Lipinski definition) is 2. The molecular formula is C14H13BrFNO. The van der Waals surface area contributed by atoms with E-state index >= 15 is 0 Å². The van der Waals surface area contributed by atoms with E-state index in [1.54, 1.807) is 6.07 Å². The molecule has 18 heavy (non-hydrogen) atoms. The summed E-state index contributed by atoms with van der Waals surface area (Å²) in [5.74, 6) is -0.295. The molecule has 0 amide bonds. The van der Waals surface area contributed by atoms with Gasteiger partial charge in [0.1, 0.15) is 5.82 Å². The van der Waals surface area contributed by atoms with Crippen molar-refractivity contribution in [1.29, 1.82) is 0 Å². The summed E-state index contributed by atoms with van der Waals surface area (Å²) in [6.07, 6.45) is -0.594. The molecule has 0 saturated heterocycles. The standard InChI is InChI=1S/C14H13BrFNO/c15-12-8-11(16)6-7-13(12)17-9-14(18)10-4-2-1-3-5-10/h1-8,14,17-18H,9H2. The molecule has 2 aromatic carbocycles. The Labute approximate surface area is 114 Å². The van der Waals surface area contributed by atoms with Gasteiger partial charge in [-0.05, 0) is 39.7 Å².